The van der Waals surface area contributed by atoms with Gasteiger partial charge in [0.1, 0.15) is 23.3 Å². The maximum Gasteiger partial charge on any atom is 0.137 e. The molecule has 0 aliphatic rings. The van der Waals surface area contributed by atoms with Crippen LogP contribution in [0.3, 0.4) is 0 Å². The first-order valence-corrected chi connectivity index (χ1v) is 7.64. The van der Waals surface area contributed by atoms with Gasteiger partial charge in [-0.1, -0.05) is 6.92 Å². The predicted octanol–water partition coefficient (Wildman–Crippen LogP) is 2.31. The maximum atomic E-state index is 4.42. The Hall–Kier alpha value is -2.15. The monoisotopic (exact) mass is 303 g/mol. The van der Waals surface area contributed by atoms with E-state index in [9.17, 15) is 0 Å². The van der Waals surface area contributed by atoms with Crippen LogP contribution in [0.2, 0.25) is 0 Å². The Bertz CT molecular complexity index is 593. The highest BCUT2D eigenvalue weighted by molar-refractivity contribution is 5.56. The van der Waals surface area contributed by atoms with Gasteiger partial charge in [-0.05, 0) is 33.9 Å². The van der Waals surface area contributed by atoms with Crippen LogP contribution in [0.1, 0.15) is 24.9 Å². The minimum absolute atomic E-state index is 0.727. The van der Waals surface area contributed by atoms with Crippen molar-refractivity contribution >= 4 is 17.5 Å². The van der Waals surface area contributed by atoms with Crippen LogP contribution >= 0.6 is 0 Å². The molecular weight excluding hydrogens is 278 g/mol. The molecule has 2 aromatic rings. The van der Waals surface area contributed by atoms with Crippen LogP contribution in [-0.2, 0) is 0 Å². The second kappa shape index (κ2) is 7.74. The molecule has 0 spiro atoms. The number of H-pyrrole nitrogens is 1. The number of hydrogen-bond donors (Lipinski definition) is 3. The molecule has 0 saturated heterocycles. The second-order valence-corrected chi connectivity index (χ2v) is 5.46. The fourth-order valence-corrected chi connectivity index (χ4v) is 2.21. The summed E-state index contributed by atoms with van der Waals surface area (Å²) in [5.74, 6) is 3.13. The van der Waals surface area contributed by atoms with Crippen molar-refractivity contribution in [1.82, 2.24) is 25.1 Å². The van der Waals surface area contributed by atoms with E-state index in [2.05, 4.69) is 49.7 Å². The Morgan fingerprint density at radius 1 is 1.14 bits per heavy atom. The number of aromatic amines is 1. The predicted molar refractivity (Wildman–Crippen MR) is 89.7 cm³/mol. The van der Waals surface area contributed by atoms with Crippen LogP contribution in [0.15, 0.2) is 12.1 Å². The van der Waals surface area contributed by atoms with Gasteiger partial charge in [-0.2, -0.15) is 5.10 Å². The molecule has 22 heavy (non-hydrogen) atoms. The Labute approximate surface area is 131 Å². The number of hydrogen-bond acceptors (Lipinski definition) is 6. The average Bonchev–Trinajstić information content (AvgIpc) is 2.83. The summed E-state index contributed by atoms with van der Waals surface area (Å²) < 4.78 is 0. The molecule has 0 aliphatic carbocycles. The molecule has 0 amide bonds. The molecule has 7 heteroatoms. The zero-order chi connectivity index (χ0) is 15.9. The first-order valence-electron chi connectivity index (χ1n) is 7.64. The van der Waals surface area contributed by atoms with E-state index < -0.39 is 0 Å². The quantitative estimate of drug-likeness (QED) is 0.694. The molecule has 0 fully saturated rings. The smallest absolute Gasteiger partial charge is 0.137 e. The van der Waals surface area contributed by atoms with Crippen molar-refractivity contribution in [3.63, 3.8) is 0 Å². The minimum Gasteiger partial charge on any atom is -0.369 e. The van der Waals surface area contributed by atoms with Crippen molar-refractivity contribution in [3.8, 4) is 0 Å². The summed E-state index contributed by atoms with van der Waals surface area (Å²) in [4.78, 5) is 11.1. The summed E-state index contributed by atoms with van der Waals surface area (Å²) in [6.07, 6.45) is 1.17. The van der Waals surface area contributed by atoms with Crippen molar-refractivity contribution in [1.29, 1.82) is 0 Å². The number of likely N-dealkylation sites (N-methyl/N-ethyl adjacent to an activating group) is 1. The number of nitrogens with one attached hydrogen (secondary N) is 3. The lowest BCUT2D eigenvalue weighted by molar-refractivity contribution is 0.347. The first kappa shape index (κ1) is 16.2. The van der Waals surface area contributed by atoms with Gasteiger partial charge < -0.3 is 15.5 Å². The molecule has 2 aromatic heterocycles. The summed E-state index contributed by atoms with van der Waals surface area (Å²) in [6.45, 7) is 8.96. The number of aryl methyl sites for hydroxylation is 2. The number of nitrogens with zero attached hydrogens (tertiary/aromatic N) is 4. The molecule has 0 bridgehead atoms. The van der Waals surface area contributed by atoms with E-state index in [1.165, 1.54) is 6.42 Å². The van der Waals surface area contributed by atoms with Gasteiger partial charge in [-0.3, -0.25) is 5.10 Å². The van der Waals surface area contributed by atoms with E-state index in [1.54, 1.807) is 0 Å². The van der Waals surface area contributed by atoms with Crippen molar-refractivity contribution in [2.24, 2.45) is 0 Å². The Kier molecular flexibility index (Phi) is 5.71. The Morgan fingerprint density at radius 3 is 2.59 bits per heavy atom. The average molecular weight is 303 g/mol. The van der Waals surface area contributed by atoms with Crippen LogP contribution in [0.4, 0.5) is 17.5 Å². The second-order valence-electron chi connectivity index (χ2n) is 5.46. The Morgan fingerprint density at radius 2 is 1.91 bits per heavy atom. The fraction of sp³-hybridized carbons (Fsp3) is 0.533. The highest BCUT2D eigenvalue weighted by Crippen LogP contribution is 2.16. The first-order chi connectivity index (χ1) is 10.6. The molecule has 0 unspecified atom stereocenters. The summed E-state index contributed by atoms with van der Waals surface area (Å²) >= 11 is 0. The van der Waals surface area contributed by atoms with Crippen LogP contribution in [-0.4, -0.2) is 51.7 Å². The summed E-state index contributed by atoms with van der Waals surface area (Å²) in [7, 11) is 2.13. The van der Waals surface area contributed by atoms with Crippen molar-refractivity contribution in [3.05, 3.63) is 23.7 Å². The molecule has 0 saturated carbocycles. The van der Waals surface area contributed by atoms with E-state index in [-0.39, 0.29) is 0 Å². The molecule has 0 atom stereocenters. The van der Waals surface area contributed by atoms with Gasteiger partial charge in [0.2, 0.25) is 0 Å². The summed E-state index contributed by atoms with van der Waals surface area (Å²) in [5, 5.41) is 13.6. The van der Waals surface area contributed by atoms with Crippen LogP contribution in [0.25, 0.3) is 0 Å². The SMILES string of the molecule is CCCN(C)CCNc1cc(Nc2cc(C)n[nH]2)nc(C)n1. The van der Waals surface area contributed by atoms with Crippen molar-refractivity contribution in [2.45, 2.75) is 27.2 Å². The topological polar surface area (TPSA) is 81.8 Å². The molecule has 0 aromatic carbocycles. The lowest BCUT2D eigenvalue weighted by Crippen LogP contribution is -2.26. The molecule has 7 nitrogen and oxygen atoms in total. The van der Waals surface area contributed by atoms with Gasteiger partial charge in [0.05, 0.1) is 5.69 Å². The third-order valence-corrected chi connectivity index (χ3v) is 3.21. The normalized spacial score (nSPS) is 11.0. The molecule has 3 N–H and O–H groups in total. The third-order valence-electron chi connectivity index (χ3n) is 3.21. The van der Waals surface area contributed by atoms with Gasteiger partial charge in [-0.25, -0.2) is 9.97 Å². The van der Waals surface area contributed by atoms with Gasteiger partial charge in [-0.15, -0.1) is 0 Å². The maximum absolute atomic E-state index is 4.42. The number of anilines is 3. The van der Waals surface area contributed by atoms with Crippen LogP contribution < -0.4 is 10.6 Å². The lowest BCUT2D eigenvalue weighted by Gasteiger charge is -2.16. The minimum atomic E-state index is 0.727. The van der Waals surface area contributed by atoms with E-state index >= 15 is 0 Å². The molecule has 0 radical (unpaired) electrons. The number of rotatable bonds is 8. The van der Waals surface area contributed by atoms with E-state index in [0.29, 0.717) is 0 Å². The number of aromatic nitrogens is 4. The summed E-state index contributed by atoms with van der Waals surface area (Å²) in [6, 6.07) is 3.84. The standard InChI is InChI=1S/C15H25N7/c1-5-7-22(4)8-6-16-13-10-14(18-12(3)17-13)19-15-9-11(2)20-21-15/h9-10H,5-8H2,1-4H3,(H3,16,17,18,19,20,21). The third kappa shape index (κ3) is 5.00. The van der Waals surface area contributed by atoms with Gasteiger partial charge in [0.15, 0.2) is 0 Å². The van der Waals surface area contributed by atoms with Crippen LogP contribution in [0, 0.1) is 13.8 Å². The zero-order valence-electron chi connectivity index (χ0n) is 13.8. The van der Waals surface area contributed by atoms with E-state index in [4.69, 9.17) is 0 Å². The fourth-order valence-electron chi connectivity index (χ4n) is 2.21. The largest absolute Gasteiger partial charge is 0.369 e. The molecule has 2 heterocycles. The van der Waals surface area contributed by atoms with Gasteiger partial charge >= 0.3 is 0 Å². The van der Waals surface area contributed by atoms with E-state index in [1.807, 2.05) is 26.0 Å². The lowest BCUT2D eigenvalue weighted by atomic mass is 10.4. The zero-order valence-corrected chi connectivity index (χ0v) is 13.8. The van der Waals surface area contributed by atoms with Gasteiger partial charge in [0, 0.05) is 25.2 Å². The molecule has 0 aliphatic heterocycles. The van der Waals surface area contributed by atoms with Crippen molar-refractivity contribution in [2.75, 3.05) is 37.3 Å². The van der Waals surface area contributed by atoms with E-state index in [0.717, 1.165) is 48.6 Å². The highest BCUT2D eigenvalue weighted by atomic mass is 15.2. The molecular formula is C15H25N7. The molecule has 120 valence electrons. The van der Waals surface area contributed by atoms with Crippen LogP contribution in [0.5, 0.6) is 0 Å². The van der Waals surface area contributed by atoms with Gasteiger partial charge in [0.25, 0.3) is 0 Å². The molecule has 2 rings (SSSR count). The Balaban J connectivity index is 1.94. The summed E-state index contributed by atoms with van der Waals surface area (Å²) in [5.41, 5.74) is 0.936. The highest BCUT2D eigenvalue weighted by Gasteiger charge is 2.04. The van der Waals surface area contributed by atoms with Crippen molar-refractivity contribution < 1.29 is 0 Å².